The minimum atomic E-state index is 0.0466. The minimum absolute atomic E-state index is 0.0466. The first-order valence-corrected chi connectivity index (χ1v) is 6.46. The van der Waals surface area contributed by atoms with Gasteiger partial charge in [0.2, 0.25) is 0 Å². The average Bonchev–Trinajstić information content (AvgIpc) is 2.29. The number of carbonyl (C=O) groups excluding carboxylic acids is 1. The van der Waals surface area contributed by atoms with Gasteiger partial charge in [-0.3, -0.25) is 4.79 Å². The van der Waals surface area contributed by atoms with Crippen LogP contribution in [0.1, 0.15) is 36.2 Å². The van der Waals surface area contributed by atoms with Crippen LogP contribution in [0.2, 0.25) is 0 Å². The molecule has 84 valence electrons. The molecule has 2 heteroatoms. The monoisotopic (exact) mass is 278 g/mol. The van der Waals surface area contributed by atoms with Crippen LogP contribution in [0.5, 0.6) is 0 Å². The number of halogens is 1. The van der Waals surface area contributed by atoms with Crippen LogP contribution in [0.15, 0.2) is 24.3 Å². The van der Waals surface area contributed by atoms with Crippen molar-refractivity contribution in [2.24, 2.45) is 5.92 Å². The molecule has 0 radical (unpaired) electrons. The van der Waals surface area contributed by atoms with Crippen LogP contribution >= 0.6 is 15.9 Å². The lowest BCUT2D eigenvalue weighted by Gasteiger charge is -2.03. The fourth-order valence-corrected chi connectivity index (χ4v) is 1.46. The Labute approximate surface area is 105 Å². The first-order chi connectivity index (χ1) is 7.65. The highest BCUT2D eigenvalue weighted by Gasteiger charge is 2.09. The molecule has 0 atom stereocenters. The Morgan fingerprint density at radius 1 is 1.31 bits per heavy atom. The molecule has 16 heavy (non-hydrogen) atoms. The zero-order valence-electron chi connectivity index (χ0n) is 9.59. The van der Waals surface area contributed by atoms with E-state index in [4.69, 9.17) is 0 Å². The van der Waals surface area contributed by atoms with Crippen LogP contribution in [0.3, 0.4) is 0 Å². The molecule has 0 amide bonds. The molecule has 0 heterocycles. The van der Waals surface area contributed by atoms with E-state index in [1.54, 1.807) is 0 Å². The van der Waals surface area contributed by atoms with Crippen molar-refractivity contribution in [3.63, 3.8) is 0 Å². The smallest absolute Gasteiger partial charge is 0.165 e. The Kier molecular flexibility index (Phi) is 5.28. The van der Waals surface area contributed by atoms with Gasteiger partial charge in [-0.15, -0.1) is 0 Å². The topological polar surface area (TPSA) is 17.1 Å². The highest BCUT2D eigenvalue weighted by molar-refractivity contribution is 9.09. The summed E-state index contributed by atoms with van der Waals surface area (Å²) in [5, 5.41) is 0.893. The molecule has 0 saturated carbocycles. The van der Waals surface area contributed by atoms with Crippen molar-refractivity contribution in [1.82, 2.24) is 0 Å². The fraction of sp³-hybridized carbons (Fsp3) is 0.357. The molecule has 1 rings (SSSR count). The predicted octanol–water partition coefficient (Wildman–Crippen LogP) is 3.66. The van der Waals surface area contributed by atoms with Gasteiger partial charge in [0, 0.05) is 28.8 Å². The van der Waals surface area contributed by atoms with E-state index in [0.29, 0.717) is 0 Å². The molecule has 0 bridgehead atoms. The van der Waals surface area contributed by atoms with Crippen molar-refractivity contribution < 1.29 is 4.79 Å². The third-order valence-electron chi connectivity index (χ3n) is 2.15. The predicted molar refractivity (Wildman–Crippen MR) is 70.9 cm³/mol. The van der Waals surface area contributed by atoms with Crippen molar-refractivity contribution in [3.05, 3.63) is 35.4 Å². The van der Waals surface area contributed by atoms with Gasteiger partial charge >= 0.3 is 0 Å². The minimum Gasteiger partial charge on any atom is -0.294 e. The first-order valence-electron chi connectivity index (χ1n) is 5.34. The summed E-state index contributed by atoms with van der Waals surface area (Å²) in [6.07, 6.45) is 0.840. The van der Waals surface area contributed by atoms with E-state index in [1.807, 2.05) is 38.1 Å². The summed E-state index contributed by atoms with van der Waals surface area (Å²) in [4.78, 5) is 11.7. The van der Waals surface area contributed by atoms with Crippen LogP contribution in [-0.4, -0.2) is 11.1 Å². The molecule has 0 N–H and O–H groups in total. The zero-order valence-corrected chi connectivity index (χ0v) is 11.2. The molecule has 0 spiro atoms. The van der Waals surface area contributed by atoms with Crippen LogP contribution in [0.4, 0.5) is 0 Å². The summed E-state index contributed by atoms with van der Waals surface area (Å²) < 4.78 is 0. The molecular formula is C14H15BrO. The molecule has 0 aromatic heterocycles. The highest BCUT2D eigenvalue weighted by Crippen LogP contribution is 2.09. The number of ketones is 1. The molecule has 1 aromatic carbocycles. The Balaban J connectivity index is 2.77. The molecule has 0 aliphatic heterocycles. The van der Waals surface area contributed by atoms with E-state index in [1.165, 1.54) is 0 Å². The van der Waals surface area contributed by atoms with Crippen molar-refractivity contribution >= 4 is 21.7 Å². The van der Waals surface area contributed by atoms with Crippen LogP contribution in [0.25, 0.3) is 0 Å². The van der Waals surface area contributed by atoms with E-state index in [-0.39, 0.29) is 11.7 Å². The third-order valence-corrected chi connectivity index (χ3v) is 2.54. The van der Waals surface area contributed by atoms with Gasteiger partial charge in [0.15, 0.2) is 5.78 Å². The molecule has 0 aliphatic rings. The number of hydrogen-bond donors (Lipinski definition) is 0. The maximum Gasteiger partial charge on any atom is 0.165 e. The second kappa shape index (κ2) is 6.50. The van der Waals surface area contributed by atoms with Gasteiger partial charge in [-0.2, -0.15) is 0 Å². The van der Waals surface area contributed by atoms with Gasteiger partial charge in [0.1, 0.15) is 0 Å². The lowest BCUT2D eigenvalue weighted by atomic mass is 10.0. The summed E-state index contributed by atoms with van der Waals surface area (Å²) in [6, 6.07) is 7.49. The average molecular weight is 279 g/mol. The van der Waals surface area contributed by atoms with Gasteiger partial charge in [0.25, 0.3) is 0 Å². The second-order valence-corrected chi connectivity index (χ2v) is 4.63. The van der Waals surface area contributed by atoms with Gasteiger partial charge < -0.3 is 0 Å². The highest BCUT2D eigenvalue weighted by atomic mass is 79.9. The number of alkyl halides is 1. The molecule has 0 fully saturated rings. The Morgan fingerprint density at radius 3 is 2.44 bits per heavy atom. The maximum atomic E-state index is 11.7. The Hall–Kier alpha value is -1.07. The lowest BCUT2D eigenvalue weighted by molar-refractivity contribution is 0.0939. The molecule has 0 unspecified atom stereocenters. The SMILES string of the molecule is CC(C)C(=O)c1ccc(C#CCCBr)cc1. The first kappa shape index (κ1) is 13.0. The van der Waals surface area contributed by atoms with E-state index in [9.17, 15) is 4.79 Å². The molecule has 1 aromatic rings. The van der Waals surface area contributed by atoms with Crippen LogP contribution < -0.4 is 0 Å². The van der Waals surface area contributed by atoms with Crippen molar-refractivity contribution in [2.75, 3.05) is 5.33 Å². The maximum absolute atomic E-state index is 11.7. The van der Waals surface area contributed by atoms with Crippen LogP contribution in [-0.2, 0) is 0 Å². The van der Waals surface area contributed by atoms with E-state index in [0.717, 1.165) is 22.9 Å². The fourth-order valence-electron chi connectivity index (χ4n) is 1.26. The molecular weight excluding hydrogens is 264 g/mol. The summed E-state index contributed by atoms with van der Waals surface area (Å²) in [5.41, 5.74) is 1.72. The zero-order chi connectivity index (χ0) is 12.0. The number of carbonyl (C=O) groups is 1. The van der Waals surface area contributed by atoms with Crippen molar-refractivity contribution in [1.29, 1.82) is 0 Å². The molecule has 0 aliphatic carbocycles. The summed E-state index contributed by atoms with van der Waals surface area (Å²) in [7, 11) is 0. The van der Waals surface area contributed by atoms with Crippen molar-refractivity contribution in [2.45, 2.75) is 20.3 Å². The van der Waals surface area contributed by atoms with Gasteiger partial charge in [-0.05, 0) is 12.1 Å². The van der Waals surface area contributed by atoms with Crippen LogP contribution in [0, 0.1) is 17.8 Å². The number of rotatable bonds is 3. The largest absolute Gasteiger partial charge is 0.294 e. The second-order valence-electron chi connectivity index (χ2n) is 3.84. The Morgan fingerprint density at radius 2 is 1.94 bits per heavy atom. The van der Waals surface area contributed by atoms with Gasteiger partial charge in [-0.25, -0.2) is 0 Å². The number of benzene rings is 1. The summed E-state index contributed by atoms with van der Waals surface area (Å²) in [5.74, 6) is 6.32. The summed E-state index contributed by atoms with van der Waals surface area (Å²) in [6.45, 7) is 3.82. The van der Waals surface area contributed by atoms with Gasteiger partial charge in [-0.1, -0.05) is 53.8 Å². The van der Waals surface area contributed by atoms with E-state index < -0.39 is 0 Å². The van der Waals surface area contributed by atoms with Crippen molar-refractivity contribution in [3.8, 4) is 11.8 Å². The Bertz CT molecular complexity index is 407. The van der Waals surface area contributed by atoms with Gasteiger partial charge in [0.05, 0.1) is 0 Å². The third kappa shape index (κ3) is 3.83. The quantitative estimate of drug-likeness (QED) is 0.469. The summed E-state index contributed by atoms with van der Waals surface area (Å²) >= 11 is 3.32. The number of hydrogen-bond acceptors (Lipinski definition) is 1. The molecule has 0 saturated heterocycles. The standard InChI is InChI=1S/C14H15BrO/c1-11(2)14(16)13-8-6-12(7-9-13)5-3-4-10-15/h6-9,11H,4,10H2,1-2H3. The normalized spacial score (nSPS) is 9.75. The van der Waals surface area contributed by atoms with E-state index >= 15 is 0 Å². The molecule has 1 nitrogen and oxygen atoms in total. The van der Waals surface area contributed by atoms with E-state index in [2.05, 4.69) is 27.8 Å². The lowest BCUT2D eigenvalue weighted by Crippen LogP contribution is -2.06. The number of Topliss-reactive ketones (excluding diaryl/α,β-unsaturated/α-hetero) is 1.